The fourth-order valence-corrected chi connectivity index (χ4v) is 3.32. The molecule has 0 spiro atoms. The number of carbonyl (C=O) groups is 1. The second kappa shape index (κ2) is 5.33. The highest BCUT2D eigenvalue weighted by atomic mass is 32.1. The second-order valence-corrected chi connectivity index (χ2v) is 5.89. The lowest BCUT2D eigenvalue weighted by Gasteiger charge is -1.97. The summed E-state index contributed by atoms with van der Waals surface area (Å²) in [5.74, 6) is -0.751. The zero-order valence-electron chi connectivity index (χ0n) is 11.9. The van der Waals surface area contributed by atoms with Gasteiger partial charge in [0.2, 0.25) is 0 Å². The van der Waals surface area contributed by atoms with Crippen molar-refractivity contribution >= 4 is 22.3 Å². The van der Waals surface area contributed by atoms with Crippen molar-refractivity contribution in [2.45, 2.75) is 26.2 Å². The van der Waals surface area contributed by atoms with E-state index >= 15 is 0 Å². The lowest BCUT2D eigenvalue weighted by atomic mass is 10.2. The van der Waals surface area contributed by atoms with Crippen molar-refractivity contribution in [1.29, 1.82) is 0 Å². The third-order valence-corrected chi connectivity index (χ3v) is 4.29. The highest BCUT2D eigenvalue weighted by Gasteiger charge is 2.13. The van der Waals surface area contributed by atoms with Gasteiger partial charge in [-0.2, -0.15) is 5.10 Å². The number of imidazole rings is 1. The summed E-state index contributed by atoms with van der Waals surface area (Å²) in [5, 5.41) is 15.1. The highest BCUT2D eigenvalue weighted by Crippen LogP contribution is 2.26. The highest BCUT2D eigenvalue weighted by molar-refractivity contribution is 7.15. The number of rotatable bonds is 5. The molecule has 0 aliphatic heterocycles. The van der Waals surface area contributed by atoms with E-state index in [0.717, 1.165) is 34.0 Å². The number of hydrogen-bond donors (Lipinski definition) is 1. The van der Waals surface area contributed by atoms with Crippen molar-refractivity contribution in [3.8, 4) is 11.3 Å². The summed E-state index contributed by atoms with van der Waals surface area (Å²) in [6.07, 6.45) is 5.55. The van der Waals surface area contributed by atoms with Crippen molar-refractivity contribution < 1.29 is 9.90 Å². The van der Waals surface area contributed by atoms with Gasteiger partial charge in [-0.15, -0.1) is 11.3 Å². The van der Waals surface area contributed by atoms with E-state index in [9.17, 15) is 4.79 Å². The fraction of sp³-hybridized carbons (Fsp3) is 0.357. The van der Waals surface area contributed by atoms with Crippen LogP contribution in [0, 0.1) is 6.92 Å². The van der Waals surface area contributed by atoms with E-state index in [-0.39, 0.29) is 6.42 Å². The molecule has 0 amide bonds. The molecule has 0 unspecified atom stereocenters. The Hall–Kier alpha value is -2.15. The monoisotopic (exact) mass is 304 g/mol. The fourth-order valence-electron chi connectivity index (χ4n) is 2.41. The van der Waals surface area contributed by atoms with E-state index in [0.29, 0.717) is 6.42 Å². The molecular weight excluding hydrogens is 288 g/mol. The maximum absolute atomic E-state index is 10.6. The Morgan fingerprint density at radius 2 is 2.24 bits per heavy atom. The molecule has 3 rings (SSSR count). The molecule has 3 aromatic heterocycles. The first kappa shape index (κ1) is 13.8. The Morgan fingerprint density at radius 1 is 1.43 bits per heavy atom. The van der Waals surface area contributed by atoms with E-state index in [4.69, 9.17) is 5.11 Å². The largest absolute Gasteiger partial charge is 0.481 e. The number of hydrogen-bond acceptors (Lipinski definition) is 4. The summed E-state index contributed by atoms with van der Waals surface area (Å²) in [6, 6.07) is 0. The zero-order chi connectivity index (χ0) is 15.0. The van der Waals surface area contributed by atoms with E-state index < -0.39 is 5.97 Å². The smallest absolute Gasteiger partial charge is 0.303 e. The molecule has 3 aromatic rings. The van der Waals surface area contributed by atoms with Crippen molar-refractivity contribution in [3.63, 3.8) is 0 Å². The van der Waals surface area contributed by atoms with Gasteiger partial charge in [0.1, 0.15) is 0 Å². The van der Waals surface area contributed by atoms with Gasteiger partial charge in [0.25, 0.3) is 0 Å². The van der Waals surface area contributed by atoms with Crippen LogP contribution in [0.2, 0.25) is 0 Å². The lowest BCUT2D eigenvalue weighted by molar-refractivity contribution is -0.137. The Bertz CT molecular complexity index is 799. The number of carboxylic acid groups (broad SMARTS) is 1. The molecule has 0 saturated heterocycles. The van der Waals surface area contributed by atoms with Gasteiger partial charge in [-0.1, -0.05) is 0 Å². The standard InChI is InChI=1S/C14H16N4O2S/c1-9-11(6-17(2)16-9)12-7-18-10(4-3-5-13(19)20)8-21-14(18)15-12/h6-8H,3-5H2,1-2H3,(H,19,20). The number of aryl methyl sites for hydroxylation is 3. The van der Waals surface area contributed by atoms with E-state index in [1.54, 1.807) is 16.0 Å². The maximum atomic E-state index is 10.6. The molecule has 21 heavy (non-hydrogen) atoms. The summed E-state index contributed by atoms with van der Waals surface area (Å²) in [7, 11) is 1.90. The first-order chi connectivity index (χ1) is 10.0. The van der Waals surface area contributed by atoms with Crippen LogP contribution in [0.15, 0.2) is 17.8 Å². The van der Waals surface area contributed by atoms with Crippen LogP contribution in [0.3, 0.4) is 0 Å². The van der Waals surface area contributed by atoms with Crippen LogP contribution >= 0.6 is 11.3 Å². The van der Waals surface area contributed by atoms with E-state index in [1.165, 1.54) is 0 Å². The molecule has 0 radical (unpaired) electrons. The minimum absolute atomic E-state index is 0.195. The number of carboxylic acids is 1. The summed E-state index contributed by atoms with van der Waals surface area (Å²) in [5.41, 5.74) is 4.00. The van der Waals surface area contributed by atoms with Crippen molar-refractivity contribution in [3.05, 3.63) is 29.2 Å². The molecule has 7 heteroatoms. The average Bonchev–Trinajstić information content (AvgIpc) is 3.04. The van der Waals surface area contributed by atoms with Crippen LogP contribution in [0.1, 0.15) is 24.2 Å². The minimum Gasteiger partial charge on any atom is -0.481 e. The molecule has 0 saturated carbocycles. The van der Waals surface area contributed by atoms with Crippen LogP contribution in [-0.4, -0.2) is 30.2 Å². The molecule has 3 heterocycles. The first-order valence-electron chi connectivity index (χ1n) is 6.72. The van der Waals surface area contributed by atoms with Crippen LogP contribution in [0.4, 0.5) is 0 Å². The third-order valence-electron chi connectivity index (χ3n) is 3.40. The van der Waals surface area contributed by atoms with Crippen LogP contribution in [0.25, 0.3) is 16.2 Å². The summed E-state index contributed by atoms with van der Waals surface area (Å²) in [6.45, 7) is 1.97. The zero-order valence-corrected chi connectivity index (χ0v) is 12.7. The topological polar surface area (TPSA) is 72.4 Å². The van der Waals surface area contributed by atoms with Crippen molar-refractivity contribution in [2.75, 3.05) is 0 Å². The molecule has 110 valence electrons. The summed E-state index contributed by atoms with van der Waals surface area (Å²) >= 11 is 1.58. The van der Waals surface area contributed by atoms with Crippen molar-refractivity contribution in [1.82, 2.24) is 19.2 Å². The van der Waals surface area contributed by atoms with Gasteiger partial charge in [0.15, 0.2) is 4.96 Å². The minimum atomic E-state index is -0.751. The van der Waals surface area contributed by atoms with E-state index in [2.05, 4.69) is 10.1 Å². The molecule has 0 aliphatic carbocycles. The Labute approximate surface area is 125 Å². The summed E-state index contributed by atoms with van der Waals surface area (Å²) < 4.78 is 3.83. The second-order valence-electron chi connectivity index (χ2n) is 5.05. The predicted octanol–water partition coefficient (Wildman–Crippen LogP) is 2.51. The van der Waals surface area contributed by atoms with Crippen molar-refractivity contribution in [2.24, 2.45) is 7.05 Å². The maximum Gasteiger partial charge on any atom is 0.303 e. The molecular formula is C14H16N4O2S. The number of nitrogens with zero attached hydrogens (tertiary/aromatic N) is 4. The first-order valence-corrected chi connectivity index (χ1v) is 7.60. The SMILES string of the molecule is Cc1nn(C)cc1-c1cn2c(CCCC(=O)O)csc2n1. The molecule has 0 aromatic carbocycles. The Morgan fingerprint density at radius 3 is 2.90 bits per heavy atom. The van der Waals surface area contributed by atoms with Crippen LogP contribution < -0.4 is 0 Å². The molecule has 0 bridgehead atoms. The third kappa shape index (κ3) is 2.69. The molecule has 0 fully saturated rings. The lowest BCUT2D eigenvalue weighted by Crippen LogP contribution is -1.97. The van der Waals surface area contributed by atoms with Gasteiger partial charge in [-0.3, -0.25) is 13.9 Å². The molecule has 0 aliphatic rings. The molecule has 6 nitrogen and oxygen atoms in total. The van der Waals surface area contributed by atoms with Crippen LogP contribution in [0.5, 0.6) is 0 Å². The molecule has 1 N–H and O–H groups in total. The van der Waals surface area contributed by atoms with Gasteiger partial charge < -0.3 is 5.11 Å². The molecule has 0 atom stereocenters. The number of thiazole rings is 1. The Kier molecular flexibility index (Phi) is 3.50. The summed E-state index contributed by atoms with van der Waals surface area (Å²) in [4.78, 5) is 16.2. The normalized spacial score (nSPS) is 11.3. The van der Waals surface area contributed by atoms with Gasteiger partial charge in [-0.25, -0.2) is 4.98 Å². The van der Waals surface area contributed by atoms with Gasteiger partial charge in [0.05, 0.1) is 11.4 Å². The van der Waals surface area contributed by atoms with Gasteiger partial charge >= 0.3 is 5.97 Å². The van der Waals surface area contributed by atoms with E-state index in [1.807, 2.05) is 36.1 Å². The Balaban J connectivity index is 1.89. The average molecular weight is 304 g/mol. The van der Waals surface area contributed by atoms with Gasteiger partial charge in [0, 0.05) is 42.5 Å². The number of aliphatic carboxylic acids is 1. The number of fused-ring (bicyclic) bond motifs is 1. The predicted molar refractivity (Wildman–Crippen MR) is 80.6 cm³/mol. The quantitative estimate of drug-likeness (QED) is 0.786. The van der Waals surface area contributed by atoms with Gasteiger partial charge in [-0.05, 0) is 19.8 Å². The van der Waals surface area contributed by atoms with Crippen LogP contribution in [-0.2, 0) is 18.3 Å². The number of aromatic nitrogens is 4.